The Hall–Kier alpha value is -2.74. The number of fused-ring (bicyclic) bond motifs is 1. The molecular weight excluding hydrogens is 386 g/mol. The van der Waals surface area contributed by atoms with Crippen molar-refractivity contribution >= 4 is 40.1 Å². The molecule has 0 fully saturated rings. The molecule has 1 amide bonds. The van der Waals surface area contributed by atoms with E-state index in [0.717, 1.165) is 23.5 Å². The van der Waals surface area contributed by atoms with Gasteiger partial charge in [0.15, 0.2) is 5.16 Å². The topological polar surface area (TPSA) is 83.0 Å². The number of nitrogens with zero attached hydrogens (tertiary/aromatic N) is 3. The van der Waals surface area contributed by atoms with Gasteiger partial charge in [-0.2, -0.15) is 0 Å². The highest BCUT2D eigenvalue weighted by Crippen LogP contribution is 2.23. The van der Waals surface area contributed by atoms with E-state index in [2.05, 4.69) is 15.3 Å². The molecule has 1 unspecified atom stereocenters. The molecular formula is C21H27N5O2S. The van der Waals surface area contributed by atoms with Gasteiger partial charge in [-0.1, -0.05) is 18.7 Å². The summed E-state index contributed by atoms with van der Waals surface area (Å²) < 4.78 is 1.68. The first-order valence-electron chi connectivity index (χ1n) is 9.62. The third-order valence-electron chi connectivity index (χ3n) is 4.82. The number of benzene rings is 1. The van der Waals surface area contributed by atoms with Crippen molar-refractivity contribution in [1.82, 2.24) is 14.5 Å². The molecule has 2 aromatic heterocycles. The summed E-state index contributed by atoms with van der Waals surface area (Å²) in [5.74, 6) is 0.0376. The Morgan fingerprint density at radius 1 is 1.31 bits per heavy atom. The number of rotatable bonds is 7. The van der Waals surface area contributed by atoms with E-state index in [4.69, 9.17) is 0 Å². The summed E-state index contributed by atoms with van der Waals surface area (Å²) in [5, 5.41) is 3.46. The van der Waals surface area contributed by atoms with Gasteiger partial charge in [-0.3, -0.25) is 14.2 Å². The summed E-state index contributed by atoms with van der Waals surface area (Å²) in [6.45, 7) is 5.91. The molecule has 3 rings (SSSR count). The van der Waals surface area contributed by atoms with E-state index in [0.29, 0.717) is 16.2 Å². The number of carbonyl (C=O) groups excluding carboxylic acids is 1. The summed E-state index contributed by atoms with van der Waals surface area (Å²) in [7, 11) is 3.94. The summed E-state index contributed by atoms with van der Waals surface area (Å²) in [6.07, 6.45) is 0.796. The Kier molecular flexibility index (Phi) is 6.32. The van der Waals surface area contributed by atoms with E-state index in [-0.39, 0.29) is 23.3 Å². The van der Waals surface area contributed by atoms with Gasteiger partial charge in [-0.15, -0.1) is 0 Å². The summed E-state index contributed by atoms with van der Waals surface area (Å²) in [4.78, 5) is 35.1. The number of hydrogen-bond acceptors (Lipinski definition) is 5. The smallest absolute Gasteiger partial charge is 0.278 e. The number of H-pyrrole nitrogens is 1. The Balaban J connectivity index is 1.78. The minimum Gasteiger partial charge on any atom is -0.378 e. The van der Waals surface area contributed by atoms with Crippen LogP contribution >= 0.6 is 11.8 Å². The Labute approximate surface area is 174 Å². The van der Waals surface area contributed by atoms with E-state index in [1.807, 2.05) is 70.1 Å². The average molecular weight is 414 g/mol. The molecule has 3 aromatic rings. The predicted octanol–water partition coefficient (Wildman–Crippen LogP) is 3.80. The van der Waals surface area contributed by atoms with Crippen LogP contribution in [-0.2, 0) is 4.79 Å². The maximum absolute atomic E-state index is 13.0. The zero-order valence-corrected chi connectivity index (χ0v) is 18.3. The number of aromatic amines is 1. The maximum atomic E-state index is 13.0. The molecule has 1 atom stereocenters. The summed E-state index contributed by atoms with van der Waals surface area (Å²) in [6, 6.07) is 9.50. The van der Waals surface area contributed by atoms with Gasteiger partial charge in [0, 0.05) is 37.2 Å². The van der Waals surface area contributed by atoms with Crippen LogP contribution in [0.3, 0.4) is 0 Å². The van der Waals surface area contributed by atoms with Crippen LogP contribution in [0, 0.1) is 6.92 Å². The highest BCUT2D eigenvalue weighted by molar-refractivity contribution is 7.99. The van der Waals surface area contributed by atoms with Gasteiger partial charge >= 0.3 is 0 Å². The molecule has 0 radical (unpaired) electrons. The van der Waals surface area contributed by atoms with Crippen molar-refractivity contribution in [2.24, 2.45) is 0 Å². The predicted molar refractivity (Wildman–Crippen MR) is 120 cm³/mol. The standard InChI is InChI=1S/C21H27N5O2S/c1-6-14(3)26-20(28)19-17(11-13(2)22-19)24-21(26)29-12-18(27)23-15-7-9-16(10-8-15)25(4)5/h7-11,14,22H,6,12H2,1-5H3,(H,23,27). The van der Waals surface area contributed by atoms with E-state index < -0.39 is 0 Å². The number of thioether (sulfide) groups is 1. The van der Waals surface area contributed by atoms with Crippen molar-refractivity contribution in [2.45, 2.75) is 38.4 Å². The Morgan fingerprint density at radius 2 is 2.00 bits per heavy atom. The highest BCUT2D eigenvalue weighted by atomic mass is 32.2. The van der Waals surface area contributed by atoms with Gasteiger partial charge < -0.3 is 15.2 Å². The van der Waals surface area contributed by atoms with Crippen molar-refractivity contribution in [3.05, 3.63) is 46.4 Å². The van der Waals surface area contributed by atoms with Crippen LogP contribution in [-0.4, -0.2) is 40.3 Å². The molecule has 0 aliphatic carbocycles. The van der Waals surface area contributed by atoms with Crippen LogP contribution in [0.1, 0.15) is 32.0 Å². The van der Waals surface area contributed by atoms with Crippen LogP contribution in [0.5, 0.6) is 0 Å². The molecule has 0 saturated heterocycles. The van der Waals surface area contributed by atoms with Crippen LogP contribution in [0.15, 0.2) is 40.3 Å². The third kappa shape index (κ3) is 4.64. The zero-order valence-electron chi connectivity index (χ0n) is 17.4. The number of aryl methyl sites for hydroxylation is 1. The SMILES string of the molecule is CCC(C)n1c(SCC(=O)Nc2ccc(N(C)C)cc2)nc2cc(C)[nH]c2c1=O. The minimum atomic E-state index is -0.136. The van der Waals surface area contributed by atoms with E-state index in [9.17, 15) is 9.59 Å². The Morgan fingerprint density at radius 3 is 2.62 bits per heavy atom. The van der Waals surface area contributed by atoms with Gasteiger partial charge in [0.2, 0.25) is 5.91 Å². The summed E-state index contributed by atoms with van der Waals surface area (Å²) >= 11 is 1.28. The number of anilines is 2. The molecule has 0 aliphatic heterocycles. The first-order chi connectivity index (χ1) is 13.8. The molecule has 154 valence electrons. The van der Waals surface area contributed by atoms with Crippen molar-refractivity contribution in [2.75, 3.05) is 30.1 Å². The lowest BCUT2D eigenvalue weighted by Gasteiger charge is -2.17. The zero-order chi connectivity index (χ0) is 21.1. The van der Waals surface area contributed by atoms with Gasteiger partial charge in [-0.25, -0.2) is 4.98 Å². The van der Waals surface area contributed by atoms with Gasteiger partial charge in [-0.05, 0) is 50.6 Å². The normalized spacial score (nSPS) is 12.2. The summed E-state index contributed by atoms with van der Waals surface area (Å²) in [5.41, 5.74) is 3.74. The molecule has 2 N–H and O–H groups in total. The lowest BCUT2D eigenvalue weighted by atomic mass is 10.2. The lowest BCUT2D eigenvalue weighted by molar-refractivity contribution is -0.113. The van der Waals surface area contributed by atoms with Crippen molar-refractivity contribution in [3.8, 4) is 0 Å². The fourth-order valence-electron chi connectivity index (χ4n) is 3.03. The van der Waals surface area contributed by atoms with Crippen LogP contribution < -0.4 is 15.8 Å². The molecule has 1 aromatic carbocycles. The van der Waals surface area contributed by atoms with E-state index >= 15 is 0 Å². The fourth-order valence-corrected chi connectivity index (χ4v) is 3.93. The largest absolute Gasteiger partial charge is 0.378 e. The molecule has 0 saturated carbocycles. The quantitative estimate of drug-likeness (QED) is 0.455. The number of carbonyl (C=O) groups is 1. The van der Waals surface area contributed by atoms with Gasteiger partial charge in [0.05, 0.1) is 11.3 Å². The highest BCUT2D eigenvalue weighted by Gasteiger charge is 2.18. The van der Waals surface area contributed by atoms with Gasteiger partial charge in [0.25, 0.3) is 5.56 Å². The lowest BCUT2D eigenvalue weighted by Crippen LogP contribution is -2.26. The minimum absolute atomic E-state index is 0.00727. The monoisotopic (exact) mass is 413 g/mol. The average Bonchev–Trinajstić information content (AvgIpc) is 3.07. The molecule has 0 spiro atoms. The van der Waals surface area contributed by atoms with Crippen LogP contribution in [0.2, 0.25) is 0 Å². The number of amides is 1. The first-order valence-corrected chi connectivity index (χ1v) is 10.6. The molecule has 0 bridgehead atoms. The molecule has 0 aliphatic rings. The third-order valence-corrected chi connectivity index (χ3v) is 5.77. The second kappa shape index (κ2) is 8.73. The first kappa shape index (κ1) is 21.0. The number of hydrogen-bond donors (Lipinski definition) is 2. The fraction of sp³-hybridized carbons (Fsp3) is 0.381. The van der Waals surface area contributed by atoms with Crippen LogP contribution in [0.4, 0.5) is 11.4 Å². The van der Waals surface area contributed by atoms with Crippen molar-refractivity contribution < 1.29 is 4.79 Å². The second-order valence-electron chi connectivity index (χ2n) is 7.32. The Bertz CT molecular complexity index is 1070. The number of nitrogens with one attached hydrogen (secondary N) is 2. The van der Waals surface area contributed by atoms with Crippen molar-refractivity contribution in [3.63, 3.8) is 0 Å². The molecule has 8 heteroatoms. The van der Waals surface area contributed by atoms with E-state index in [1.165, 1.54) is 11.8 Å². The molecule has 29 heavy (non-hydrogen) atoms. The molecule has 7 nitrogen and oxygen atoms in total. The van der Waals surface area contributed by atoms with Crippen LogP contribution in [0.25, 0.3) is 11.0 Å². The number of aromatic nitrogens is 3. The van der Waals surface area contributed by atoms with E-state index in [1.54, 1.807) is 4.57 Å². The molecule has 2 heterocycles. The second-order valence-corrected chi connectivity index (χ2v) is 8.26. The van der Waals surface area contributed by atoms with Crippen molar-refractivity contribution in [1.29, 1.82) is 0 Å². The maximum Gasteiger partial charge on any atom is 0.278 e. The van der Waals surface area contributed by atoms with Gasteiger partial charge in [0.1, 0.15) is 5.52 Å².